The predicted octanol–water partition coefficient (Wildman–Crippen LogP) is 3.72. The number of anilines is 1. The molecule has 3 N–H and O–H groups in total. The fourth-order valence-corrected chi connectivity index (χ4v) is 4.47. The number of hydrogen-bond donors (Lipinski definition) is 3. The molecule has 3 heterocycles. The maximum Gasteiger partial charge on any atom is 0.291 e. The summed E-state index contributed by atoms with van der Waals surface area (Å²) in [6.45, 7) is 3.77. The molecule has 1 aliphatic heterocycles. The Bertz CT molecular complexity index is 1400. The van der Waals surface area contributed by atoms with Gasteiger partial charge >= 0.3 is 0 Å². The van der Waals surface area contributed by atoms with Crippen molar-refractivity contribution in [1.29, 1.82) is 0 Å². The molecule has 0 aliphatic carbocycles. The summed E-state index contributed by atoms with van der Waals surface area (Å²) in [6.07, 6.45) is 5.92. The van der Waals surface area contributed by atoms with Crippen LogP contribution in [-0.2, 0) is 0 Å². The van der Waals surface area contributed by atoms with Gasteiger partial charge in [0, 0.05) is 56.0 Å². The second-order valence-electron chi connectivity index (χ2n) is 8.93. The molecule has 0 radical (unpaired) electrons. The summed E-state index contributed by atoms with van der Waals surface area (Å²) in [5.41, 5.74) is 3.45. The first-order chi connectivity index (χ1) is 18.1. The van der Waals surface area contributed by atoms with E-state index in [4.69, 9.17) is 9.52 Å². The number of nitrogens with one attached hydrogen (secondary N) is 2. The van der Waals surface area contributed by atoms with Gasteiger partial charge < -0.3 is 19.7 Å². The van der Waals surface area contributed by atoms with Crippen molar-refractivity contribution < 1.29 is 19.1 Å². The van der Waals surface area contributed by atoms with Crippen LogP contribution in [0.4, 0.5) is 5.69 Å². The molecule has 0 saturated carbocycles. The number of fused-ring (bicyclic) bond motifs is 1. The number of carbonyl (C=O) groups excluding carboxylic acids is 2. The van der Waals surface area contributed by atoms with Crippen LogP contribution >= 0.6 is 0 Å². The van der Waals surface area contributed by atoms with Gasteiger partial charge in [-0.1, -0.05) is 30.3 Å². The van der Waals surface area contributed by atoms with E-state index in [2.05, 4.69) is 20.4 Å². The molecular formula is C28H29N5O4. The molecule has 5 rings (SSSR count). The monoisotopic (exact) mass is 499 g/mol. The van der Waals surface area contributed by atoms with Crippen molar-refractivity contribution >= 4 is 40.6 Å². The van der Waals surface area contributed by atoms with Crippen LogP contribution in [0.15, 0.2) is 65.3 Å². The number of nitrogens with zero attached hydrogens (tertiary/aromatic N) is 3. The standard InChI is InChI=1S/C28H29N5O4/c34-17-4-12-32-13-15-33(16-14-32)28(36)21-9-8-20(25(19-21)29-27(35)26-7-3-18-37-26)10-11-24-22-5-1-2-6-23(22)30-31-24/h1-3,5-11,18-19,34H,4,12-17H2,(H,29,35)(H,30,31)/b11-10+. The average Bonchev–Trinajstić information content (AvgIpc) is 3.62. The number of carbonyl (C=O) groups is 2. The largest absolute Gasteiger partial charge is 0.459 e. The van der Waals surface area contributed by atoms with E-state index in [0.29, 0.717) is 24.3 Å². The number of piperazine rings is 1. The van der Waals surface area contributed by atoms with E-state index in [-0.39, 0.29) is 18.3 Å². The zero-order chi connectivity index (χ0) is 25.6. The molecule has 0 atom stereocenters. The van der Waals surface area contributed by atoms with Crippen LogP contribution in [0.5, 0.6) is 0 Å². The fraction of sp³-hybridized carbons (Fsp3) is 0.250. The van der Waals surface area contributed by atoms with Crippen molar-refractivity contribution in [2.45, 2.75) is 6.42 Å². The van der Waals surface area contributed by atoms with Gasteiger partial charge in [-0.3, -0.25) is 19.6 Å². The molecule has 0 bridgehead atoms. The predicted molar refractivity (Wildman–Crippen MR) is 142 cm³/mol. The summed E-state index contributed by atoms with van der Waals surface area (Å²) in [5.74, 6) is -0.292. The molecule has 9 heteroatoms. The summed E-state index contributed by atoms with van der Waals surface area (Å²) in [5, 5.41) is 20.3. The van der Waals surface area contributed by atoms with E-state index in [1.807, 2.05) is 47.4 Å². The minimum absolute atomic E-state index is 0.0795. The number of furan rings is 1. The molecule has 1 fully saturated rings. The minimum Gasteiger partial charge on any atom is -0.459 e. The molecule has 1 saturated heterocycles. The van der Waals surface area contributed by atoms with E-state index in [1.165, 1.54) is 6.26 Å². The number of aromatic amines is 1. The summed E-state index contributed by atoms with van der Waals surface area (Å²) in [6, 6.07) is 16.4. The number of aromatic nitrogens is 2. The summed E-state index contributed by atoms with van der Waals surface area (Å²) < 4.78 is 5.25. The zero-order valence-electron chi connectivity index (χ0n) is 20.4. The molecular weight excluding hydrogens is 470 g/mol. The second kappa shape index (κ2) is 11.2. The first kappa shape index (κ1) is 24.5. The zero-order valence-corrected chi connectivity index (χ0v) is 20.4. The van der Waals surface area contributed by atoms with Crippen molar-refractivity contribution in [3.63, 3.8) is 0 Å². The van der Waals surface area contributed by atoms with Gasteiger partial charge in [-0.05, 0) is 48.4 Å². The number of benzene rings is 2. The first-order valence-corrected chi connectivity index (χ1v) is 12.3. The SMILES string of the molecule is O=C(Nc1cc(C(=O)N2CCN(CCCO)CC2)ccc1/C=C/c1n[nH]c2ccccc12)c1ccco1. The highest BCUT2D eigenvalue weighted by Crippen LogP contribution is 2.24. The van der Waals surface area contributed by atoms with Gasteiger partial charge in [0.1, 0.15) is 0 Å². The van der Waals surface area contributed by atoms with Crippen LogP contribution < -0.4 is 5.32 Å². The Kier molecular flexibility index (Phi) is 7.43. The number of H-pyrrole nitrogens is 1. The van der Waals surface area contributed by atoms with Gasteiger partial charge in [0.05, 0.1) is 17.5 Å². The van der Waals surface area contributed by atoms with Gasteiger partial charge in [-0.15, -0.1) is 0 Å². The lowest BCUT2D eigenvalue weighted by molar-refractivity contribution is 0.0629. The highest BCUT2D eigenvalue weighted by atomic mass is 16.3. The Hall–Kier alpha value is -4.21. The molecule has 37 heavy (non-hydrogen) atoms. The number of hydrogen-bond acceptors (Lipinski definition) is 6. The maximum absolute atomic E-state index is 13.3. The molecule has 2 amide bonds. The second-order valence-corrected chi connectivity index (χ2v) is 8.93. The highest BCUT2D eigenvalue weighted by Gasteiger charge is 2.23. The molecule has 0 spiro atoms. The van der Waals surface area contributed by atoms with Crippen LogP contribution in [0.3, 0.4) is 0 Å². The summed E-state index contributed by atoms with van der Waals surface area (Å²) >= 11 is 0. The molecule has 2 aromatic carbocycles. The maximum atomic E-state index is 13.3. The van der Waals surface area contributed by atoms with Gasteiger partial charge in [0.2, 0.25) is 0 Å². The summed E-state index contributed by atoms with van der Waals surface area (Å²) in [4.78, 5) is 30.1. The van der Waals surface area contributed by atoms with Gasteiger partial charge in [-0.2, -0.15) is 5.10 Å². The quantitative estimate of drug-likeness (QED) is 0.340. The lowest BCUT2D eigenvalue weighted by Crippen LogP contribution is -2.48. The summed E-state index contributed by atoms with van der Waals surface area (Å²) in [7, 11) is 0. The number of aliphatic hydroxyl groups is 1. The van der Waals surface area contributed by atoms with E-state index in [0.717, 1.165) is 48.2 Å². The first-order valence-electron chi connectivity index (χ1n) is 12.3. The van der Waals surface area contributed by atoms with Crippen LogP contribution in [0.2, 0.25) is 0 Å². The number of para-hydroxylation sites is 1. The normalized spacial score (nSPS) is 14.5. The lowest BCUT2D eigenvalue weighted by Gasteiger charge is -2.34. The molecule has 4 aromatic rings. The smallest absolute Gasteiger partial charge is 0.291 e. The van der Waals surface area contributed by atoms with Crippen molar-refractivity contribution in [2.75, 3.05) is 44.6 Å². The van der Waals surface area contributed by atoms with Gasteiger partial charge in [0.15, 0.2) is 5.76 Å². The Labute approximate surface area is 214 Å². The highest BCUT2D eigenvalue weighted by molar-refractivity contribution is 6.05. The van der Waals surface area contributed by atoms with Crippen LogP contribution in [-0.4, -0.2) is 76.2 Å². The minimum atomic E-state index is -0.396. The fourth-order valence-electron chi connectivity index (χ4n) is 4.47. The molecule has 1 aliphatic rings. The molecule has 190 valence electrons. The van der Waals surface area contributed by atoms with Crippen LogP contribution in [0.25, 0.3) is 23.1 Å². The Morgan fingerprint density at radius 3 is 2.68 bits per heavy atom. The third-order valence-electron chi connectivity index (χ3n) is 6.51. The van der Waals surface area contributed by atoms with Crippen molar-refractivity contribution in [1.82, 2.24) is 20.0 Å². The molecule has 2 aromatic heterocycles. The molecule has 0 unspecified atom stereocenters. The van der Waals surface area contributed by atoms with Crippen molar-refractivity contribution in [3.05, 3.63) is 83.4 Å². The van der Waals surface area contributed by atoms with Crippen molar-refractivity contribution in [2.24, 2.45) is 0 Å². The Morgan fingerprint density at radius 2 is 1.89 bits per heavy atom. The third kappa shape index (κ3) is 5.63. The Balaban J connectivity index is 1.38. The van der Waals surface area contributed by atoms with Crippen LogP contribution in [0.1, 0.15) is 38.6 Å². The number of amides is 2. The van der Waals surface area contributed by atoms with Crippen LogP contribution in [0, 0.1) is 0 Å². The Morgan fingerprint density at radius 1 is 1.05 bits per heavy atom. The average molecular weight is 500 g/mol. The van der Waals surface area contributed by atoms with Gasteiger partial charge in [-0.25, -0.2) is 0 Å². The van der Waals surface area contributed by atoms with E-state index in [1.54, 1.807) is 24.3 Å². The topological polar surface area (TPSA) is 115 Å². The van der Waals surface area contributed by atoms with E-state index in [9.17, 15) is 9.59 Å². The van der Waals surface area contributed by atoms with Gasteiger partial charge in [0.25, 0.3) is 11.8 Å². The number of rotatable bonds is 8. The molecule has 9 nitrogen and oxygen atoms in total. The third-order valence-corrected chi connectivity index (χ3v) is 6.51. The lowest BCUT2D eigenvalue weighted by atomic mass is 10.1. The van der Waals surface area contributed by atoms with E-state index >= 15 is 0 Å². The van der Waals surface area contributed by atoms with E-state index < -0.39 is 5.91 Å². The van der Waals surface area contributed by atoms with Crippen molar-refractivity contribution in [3.8, 4) is 0 Å². The number of aliphatic hydroxyl groups excluding tert-OH is 1.